The van der Waals surface area contributed by atoms with Crippen LogP contribution in [0.3, 0.4) is 0 Å². The molecular weight excluding hydrogens is 236 g/mol. The maximum absolute atomic E-state index is 11.4. The molecule has 0 unspecified atom stereocenters. The second-order valence-corrected chi connectivity index (χ2v) is 3.87. The molecule has 0 bridgehead atoms. The van der Waals surface area contributed by atoms with E-state index in [0.29, 0.717) is 27.3 Å². The molecule has 0 atom stereocenters. The summed E-state index contributed by atoms with van der Waals surface area (Å²) in [6, 6.07) is 3.06. The van der Waals surface area contributed by atoms with Gasteiger partial charge in [0.1, 0.15) is 0 Å². The van der Waals surface area contributed by atoms with Crippen LogP contribution in [0.5, 0.6) is 0 Å². The number of thioether (sulfide) groups is 1. The van der Waals surface area contributed by atoms with Crippen LogP contribution < -0.4 is 0 Å². The molecular formula is C10H9ClO3S. The van der Waals surface area contributed by atoms with Crippen molar-refractivity contribution >= 4 is 35.6 Å². The molecule has 0 saturated heterocycles. The predicted octanol–water partition coefficient (Wildman–Crippen LogP) is 2.66. The van der Waals surface area contributed by atoms with Crippen LogP contribution in [0.4, 0.5) is 0 Å². The normalized spacial score (nSPS) is 9.80. The Hall–Kier alpha value is -1.00. The number of methoxy groups -OCH3 is 1. The molecule has 0 amide bonds. The number of aldehydes is 1. The van der Waals surface area contributed by atoms with Crippen LogP contribution in [0, 0.1) is 0 Å². The van der Waals surface area contributed by atoms with Crippen molar-refractivity contribution in [2.75, 3.05) is 13.4 Å². The standard InChI is InChI=1S/C10H9ClO3S/c1-14-10(13)6-3-4-8(11)7(5-12)9(6)15-2/h3-5H,1-2H3. The summed E-state index contributed by atoms with van der Waals surface area (Å²) >= 11 is 7.12. The monoisotopic (exact) mass is 244 g/mol. The van der Waals surface area contributed by atoms with E-state index in [1.54, 1.807) is 12.3 Å². The molecule has 0 fully saturated rings. The fourth-order valence-electron chi connectivity index (χ4n) is 1.18. The van der Waals surface area contributed by atoms with Gasteiger partial charge in [0, 0.05) is 10.5 Å². The van der Waals surface area contributed by atoms with E-state index >= 15 is 0 Å². The minimum Gasteiger partial charge on any atom is -0.465 e. The molecule has 0 aliphatic carbocycles. The Morgan fingerprint density at radius 2 is 2.20 bits per heavy atom. The van der Waals surface area contributed by atoms with Gasteiger partial charge < -0.3 is 4.74 Å². The molecule has 5 heteroatoms. The summed E-state index contributed by atoms with van der Waals surface area (Å²) in [5.74, 6) is -0.473. The summed E-state index contributed by atoms with van der Waals surface area (Å²) in [5.41, 5.74) is 0.684. The van der Waals surface area contributed by atoms with Crippen LogP contribution in [0.2, 0.25) is 5.02 Å². The van der Waals surface area contributed by atoms with Gasteiger partial charge >= 0.3 is 5.97 Å². The lowest BCUT2D eigenvalue weighted by molar-refractivity contribution is 0.0597. The van der Waals surface area contributed by atoms with Gasteiger partial charge in [-0.05, 0) is 18.4 Å². The van der Waals surface area contributed by atoms with Crippen molar-refractivity contribution in [2.24, 2.45) is 0 Å². The summed E-state index contributed by atoms with van der Waals surface area (Å²) in [7, 11) is 1.29. The zero-order chi connectivity index (χ0) is 11.4. The van der Waals surface area contributed by atoms with Crippen LogP contribution >= 0.6 is 23.4 Å². The largest absolute Gasteiger partial charge is 0.465 e. The lowest BCUT2D eigenvalue weighted by atomic mass is 10.1. The highest BCUT2D eigenvalue weighted by atomic mass is 35.5. The molecule has 0 heterocycles. The Morgan fingerprint density at radius 1 is 1.53 bits per heavy atom. The Balaban J connectivity index is 3.41. The van der Waals surface area contributed by atoms with Crippen LogP contribution in [-0.4, -0.2) is 25.6 Å². The smallest absolute Gasteiger partial charge is 0.339 e. The van der Waals surface area contributed by atoms with E-state index in [1.165, 1.54) is 24.9 Å². The topological polar surface area (TPSA) is 43.4 Å². The number of ether oxygens (including phenoxy) is 1. The number of rotatable bonds is 3. The number of hydrogen-bond donors (Lipinski definition) is 0. The minimum atomic E-state index is -0.473. The van der Waals surface area contributed by atoms with E-state index in [2.05, 4.69) is 4.74 Å². The highest BCUT2D eigenvalue weighted by Crippen LogP contribution is 2.29. The maximum Gasteiger partial charge on any atom is 0.339 e. The molecule has 15 heavy (non-hydrogen) atoms. The Bertz CT molecular complexity index is 404. The number of benzene rings is 1. The van der Waals surface area contributed by atoms with Gasteiger partial charge in [-0.2, -0.15) is 0 Å². The quantitative estimate of drug-likeness (QED) is 0.466. The molecule has 0 aliphatic rings. The van der Waals surface area contributed by atoms with Crippen molar-refractivity contribution in [1.29, 1.82) is 0 Å². The zero-order valence-corrected chi connectivity index (χ0v) is 9.82. The third kappa shape index (κ3) is 2.33. The molecule has 0 aromatic heterocycles. The van der Waals surface area contributed by atoms with Crippen molar-refractivity contribution in [3.05, 3.63) is 28.3 Å². The van der Waals surface area contributed by atoms with Crippen molar-refractivity contribution in [2.45, 2.75) is 4.90 Å². The van der Waals surface area contributed by atoms with E-state index in [1.807, 2.05) is 0 Å². The summed E-state index contributed by atoms with van der Waals surface area (Å²) in [5, 5.41) is 0.335. The van der Waals surface area contributed by atoms with Gasteiger partial charge in [0.25, 0.3) is 0 Å². The minimum absolute atomic E-state index is 0.326. The lowest BCUT2D eigenvalue weighted by Crippen LogP contribution is -2.05. The first-order valence-electron chi connectivity index (χ1n) is 4.05. The predicted molar refractivity (Wildman–Crippen MR) is 60.0 cm³/mol. The molecule has 0 aliphatic heterocycles. The highest BCUT2D eigenvalue weighted by molar-refractivity contribution is 7.98. The molecule has 0 N–H and O–H groups in total. The number of carbonyl (C=O) groups is 2. The van der Waals surface area contributed by atoms with E-state index in [-0.39, 0.29) is 0 Å². The summed E-state index contributed by atoms with van der Waals surface area (Å²) in [6.45, 7) is 0. The maximum atomic E-state index is 11.4. The SMILES string of the molecule is COC(=O)c1ccc(Cl)c(C=O)c1SC. The second-order valence-electron chi connectivity index (χ2n) is 2.65. The lowest BCUT2D eigenvalue weighted by Gasteiger charge is -2.08. The van der Waals surface area contributed by atoms with E-state index < -0.39 is 5.97 Å². The first kappa shape index (κ1) is 12.1. The number of hydrogen-bond acceptors (Lipinski definition) is 4. The van der Waals surface area contributed by atoms with Crippen molar-refractivity contribution in [1.82, 2.24) is 0 Å². The summed E-state index contributed by atoms with van der Waals surface area (Å²) in [4.78, 5) is 22.7. The van der Waals surface area contributed by atoms with Gasteiger partial charge in [0.15, 0.2) is 6.29 Å². The number of carbonyl (C=O) groups excluding carboxylic acids is 2. The van der Waals surface area contributed by atoms with Gasteiger partial charge in [-0.25, -0.2) is 4.79 Å². The molecule has 0 spiro atoms. The number of esters is 1. The average molecular weight is 245 g/mol. The Labute approximate surface area is 96.8 Å². The van der Waals surface area contributed by atoms with Gasteiger partial charge in [-0.1, -0.05) is 11.6 Å². The van der Waals surface area contributed by atoms with Crippen molar-refractivity contribution in [3.63, 3.8) is 0 Å². The van der Waals surface area contributed by atoms with Gasteiger partial charge in [-0.3, -0.25) is 4.79 Å². The zero-order valence-electron chi connectivity index (χ0n) is 8.24. The molecule has 1 aromatic carbocycles. The van der Waals surface area contributed by atoms with Gasteiger partial charge in [0.2, 0.25) is 0 Å². The number of halogens is 1. The average Bonchev–Trinajstić information content (AvgIpc) is 2.27. The first-order chi connectivity index (χ1) is 7.15. The van der Waals surface area contributed by atoms with E-state index in [9.17, 15) is 9.59 Å². The van der Waals surface area contributed by atoms with Gasteiger partial charge in [-0.15, -0.1) is 11.8 Å². The van der Waals surface area contributed by atoms with Crippen LogP contribution in [0.1, 0.15) is 20.7 Å². The Kier molecular flexibility index (Phi) is 4.17. The van der Waals surface area contributed by atoms with Crippen molar-refractivity contribution < 1.29 is 14.3 Å². The van der Waals surface area contributed by atoms with Crippen molar-refractivity contribution in [3.8, 4) is 0 Å². The Morgan fingerprint density at radius 3 is 2.67 bits per heavy atom. The molecule has 80 valence electrons. The third-order valence-corrected chi connectivity index (χ3v) is 3.05. The van der Waals surface area contributed by atoms with Crippen LogP contribution in [0.15, 0.2) is 17.0 Å². The van der Waals surface area contributed by atoms with E-state index in [0.717, 1.165) is 0 Å². The first-order valence-corrected chi connectivity index (χ1v) is 5.66. The van der Waals surface area contributed by atoms with Gasteiger partial charge in [0.05, 0.1) is 17.7 Å². The molecule has 0 saturated carbocycles. The summed E-state index contributed by atoms with van der Waals surface area (Å²) in [6.07, 6.45) is 2.41. The highest BCUT2D eigenvalue weighted by Gasteiger charge is 2.16. The molecule has 1 aromatic rings. The van der Waals surface area contributed by atoms with E-state index in [4.69, 9.17) is 11.6 Å². The van der Waals surface area contributed by atoms with Crippen LogP contribution in [0.25, 0.3) is 0 Å². The molecule has 3 nitrogen and oxygen atoms in total. The second kappa shape index (κ2) is 5.19. The fraction of sp³-hybridized carbons (Fsp3) is 0.200. The molecule has 1 rings (SSSR count). The molecule has 0 radical (unpaired) electrons. The van der Waals surface area contributed by atoms with Crippen LogP contribution in [-0.2, 0) is 4.74 Å². The summed E-state index contributed by atoms with van der Waals surface area (Å²) < 4.78 is 4.61. The fourth-order valence-corrected chi connectivity index (χ4v) is 2.18. The third-order valence-electron chi connectivity index (χ3n) is 1.87.